The molecule has 1 aliphatic carbocycles. The number of nitrogens with two attached hydrogens (primary N) is 1. The van der Waals surface area contributed by atoms with Crippen LogP contribution in [0.4, 0.5) is 0 Å². The van der Waals surface area contributed by atoms with E-state index in [1.54, 1.807) is 0 Å². The van der Waals surface area contributed by atoms with Crippen molar-refractivity contribution >= 4 is 5.84 Å². The van der Waals surface area contributed by atoms with E-state index in [0.717, 1.165) is 5.92 Å². The highest BCUT2D eigenvalue weighted by Gasteiger charge is 2.27. The molecule has 0 aromatic carbocycles. The molecule has 3 atom stereocenters. The lowest BCUT2D eigenvalue weighted by Gasteiger charge is -2.39. The summed E-state index contributed by atoms with van der Waals surface area (Å²) in [7, 11) is 2.15. The third-order valence-electron chi connectivity index (χ3n) is 3.92. The zero-order valence-corrected chi connectivity index (χ0v) is 10.7. The van der Waals surface area contributed by atoms with Gasteiger partial charge in [0, 0.05) is 18.5 Å². The summed E-state index contributed by atoms with van der Waals surface area (Å²) in [6.45, 7) is 4.47. The third kappa shape index (κ3) is 3.37. The van der Waals surface area contributed by atoms with Crippen LogP contribution >= 0.6 is 0 Å². The molecule has 0 spiro atoms. The maximum absolute atomic E-state index is 8.57. The summed E-state index contributed by atoms with van der Waals surface area (Å²) < 4.78 is 0. The van der Waals surface area contributed by atoms with Crippen molar-refractivity contribution in [1.82, 2.24) is 4.90 Å². The molecule has 1 rings (SSSR count). The van der Waals surface area contributed by atoms with Crippen LogP contribution in [0.25, 0.3) is 0 Å². The molecule has 3 unspecified atom stereocenters. The van der Waals surface area contributed by atoms with Gasteiger partial charge in [0.25, 0.3) is 0 Å². The molecule has 0 heterocycles. The summed E-state index contributed by atoms with van der Waals surface area (Å²) >= 11 is 0. The molecule has 0 amide bonds. The molecular weight excluding hydrogens is 202 g/mol. The van der Waals surface area contributed by atoms with Crippen molar-refractivity contribution in [3.8, 4) is 0 Å². The van der Waals surface area contributed by atoms with Gasteiger partial charge >= 0.3 is 0 Å². The summed E-state index contributed by atoms with van der Waals surface area (Å²) in [4.78, 5) is 2.39. The van der Waals surface area contributed by atoms with Crippen LogP contribution in [0.5, 0.6) is 0 Å². The van der Waals surface area contributed by atoms with E-state index in [0.29, 0.717) is 24.3 Å². The first kappa shape index (κ1) is 13.3. The van der Waals surface area contributed by atoms with Gasteiger partial charge in [-0.2, -0.15) is 0 Å². The first-order valence-electron chi connectivity index (χ1n) is 6.24. The monoisotopic (exact) mass is 227 g/mol. The zero-order chi connectivity index (χ0) is 12.1. The summed E-state index contributed by atoms with van der Waals surface area (Å²) in [5.74, 6) is 1.08. The summed E-state index contributed by atoms with van der Waals surface area (Å²) in [6, 6.07) is 0.983. The Morgan fingerprint density at radius 1 is 1.50 bits per heavy atom. The minimum Gasteiger partial charge on any atom is -0.409 e. The second-order valence-electron chi connectivity index (χ2n) is 5.14. The Balaban J connectivity index is 2.51. The van der Waals surface area contributed by atoms with Gasteiger partial charge < -0.3 is 15.8 Å². The second-order valence-corrected chi connectivity index (χ2v) is 5.14. The number of hydrogen-bond acceptors (Lipinski definition) is 3. The Hall–Kier alpha value is -0.770. The van der Waals surface area contributed by atoms with Gasteiger partial charge in [-0.05, 0) is 32.7 Å². The smallest absolute Gasteiger partial charge is 0.140 e. The molecule has 1 fully saturated rings. The van der Waals surface area contributed by atoms with E-state index in [9.17, 15) is 0 Å². The van der Waals surface area contributed by atoms with Gasteiger partial charge in [0.1, 0.15) is 5.84 Å². The zero-order valence-electron chi connectivity index (χ0n) is 10.7. The predicted molar refractivity (Wildman–Crippen MR) is 66.7 cm³/mol. The Morgan fingerprint density at radius 3 is 2.69 bits per heavy atom. The van der Waals surface area contributed by atoms with Gasteiger partial charge in [-0.25, -0.2) is 0 Å². The normalized spacial score (nSPS) is 29.4. The fourth-order valence-electron chi connectivity index (χ4n) is 2.72. The van der Waals surface area contributed by atoms with E-state index in [4.69, 9.17) is 10.9 Å². The molecule has 0 aliphatic heterocycles. The van der Waals surface area contributed by atoms with E-state index < -0.39 is 0 Å². The second kappa shape index (κ2) is 6.09. The van der Waals surface area contributed by atoms with Crippen molar-refractivity contribution in [2.75, 3.05) is 7.05 Å². The minimum absolute atomic E-state index is 0.322. The van der Waals surface area contributed by atoms with Crippen LogP contribution in [0, 0.1) is 5.92 Å². The van der Waals surface area contributed by atoms with Crippen molar-refractivity contribution in [1.29, 1.82) is 0 Å². The molecule has 4 heteroatoms. The average molecular weight is 227 g/mol. The van der Waals surface area contributed by atoms with Gasteiger partial charge in [-0.15, -0.1) is 0 Å². The van der Waals surface area contributed by atoms with Crippen molar-refractivity contribution < 1.29 is 5.21 Å². The average Bonchev–Trinajstić information content (AvgIpc) is 2.28. The lowest BCUT2D eigenvalue weighted by atomic mass is 9.84. The first-order chi connectivity index (χ1) is 7.56. The number of rotatable bonds is 4. The highest BCUT2D eigenvalue weighted by Crippen LogP contribution is 2.28. The maximum atomic E-state index is 8.57. The molecule has 16 heavy (non-hydrogen) atoms. The molecule has 0 saturated heterocycles. The molecule has 4 nitrogen and oxygen atoms in total. The Bertz CT molecular complexity index is 242. The molecule has 1 saturated carbocycles. The van der Waals surface area contributed by atoms with Crippen LogP contribution in [0.3, 0.4) is 0 Å². The maximum Gasteiger partial charge on any atom is 0.140 e. The lowest BCUT2D eigenvalue weighted by Crippen LogP contribution is -2.45. The molecule has 0 aromatic rings. The van der Waals surface area contributed by atoms with Crippen molar-refractivity contribution in [2.45, 2.75) is 58.0 Å². The fourth-order valence-corrected chi connectivity index (χ4v) is 2.72. The van der Waals surface area contributed by atoms with Crippen LogP contribution < -0.4 is 5.73 Å². The van der Waals surface area contributed by atoms with Crippen LogP contribution in [0.2, 0.25) is 0 Å². The SMILES string of the molecule is CC1CCCCC1N(C)C(C)CC(N)=NO. The number of nitrogens with zero attached hydrogens (tertiary/aromatic N) is 2. The van der Waals surface area contributed by atoms with Crippen LogP contribution in [-0.4, -0.2) is 35.1 Å². The highest BCUT2D eigenvalue weighted by molar-refractivity contribution is 5.80. The summed E-state index contributed by atoms with van der Waals surface area (Å²) in [6.07, 6.45) is 5.93. The van der Waals surface area contributed by atoms with Gasteiger partial charge in [0.05, 0.1) is 0 Å². The van der Waals surface area contributed by atoms with Gasteiger partial charge in [0.15, 0.2) is 0 Å². The molecule has 1 aliphatic rings. The van der Waals surface area contributed by atoms with Crippen LogP contribution in [0.15, 0.2) is 5.16 Å². The van der Waals surface area contributed by atoms with Gasteiger partial charge in [-0.1, -0.05) is 24.9 Å². The van der Waals surface area contributed by atoms with E-state index in [2.05, 4.69) is 31.0 Å². The largest absolute Gasteiger partial charge is 0.409 e. The quantitative estimate of drug-likeness (QED) is 0.334. The molecule has 0 bridgehead atoms. The highest BCUT2D eigenvalue weighted by atomic mass is 16.4. The topological polar surface area (TPSA) is 61.8 Å². The lowest BCUT2D eigenvalue weighted by molar-refractivity contribution is 0.106. The van der Waals surface area contributed by atoms with E-state index in [1.165, 1.54) is 25.7 Å². The van der Waals surface area contributed by atoms with Crippen molar-refractivity contribution in [2.24, 2.45) is 16.8 Å². The molecule has 0 radical (unpaired) electrons. The number of amidine groups is 1. The standard InChI is InChI=1S/C12H25N3O/c1-9-6-4-5-7-11(9)15(3)10(2)8-12(13)14-16/h9-11,16H,4-8H2,1-3H3,(H2,13,14). The molecule has 3 N–H and O–H groups in total. The fraction of sp³-hybridized carbons (Fsp3) is 0.917. The third-order valence-corrected chi connectivity index (χ3v) is 3.92. The van der Waals surface area contributed by atoms with Crippen LogP contribution in [0.1, 0.15) is 46.0 Å². The molecule has 94 valence electrons. The number of hydrogen-bond donors (Lipinski definition) is 2. The van der Waals surface area contributed by atoms with Crippen molar-refractivity contribution in [3.63, 3.8) is 0 Å². The first-order valence-corrected chi connectivity index (χ1v) is 6.24. The van der Waals surface area contributed by atoms with Gasteiger partial charge in [-0.3, -0.25) is 0 Å². The summed E-state index contributed by atoms with van der Waals surface area (Å²) in [5.41, 5.74) is 5.55. The molecule has 0 aromatic heterocycles. The van der Waals surface area contributed by atoms with Crippen molar-refractivity contribution in [3.05, 3.63) is 0 Å². The van der Waals surface area contributed by atoms with Crippen LogP contribution in [-0.2, 0) is 0 Å². The van der Waals surface area contributed by atoms with E-state index in [-0.39, 0.29) is 0 Å². The Morgan fingerprint density at radius 2 is 2.12 bits per heavy atom. The van der Waals surface area contributed by atoms with E-state index >= 15 is 0 Å². The van der Waals surface area contributed by atoms with E-state index in [1.807, 2.05) is 0 Å². The Labute approximate surface area is 98.5 Å². The predicted octanol–water partition coefficient (Wildman–Crippen LogP) is 2.02. The van der Waals surface area contributed by atoms with Gasteiger partial charge in [0.2, 0.25) is 0 Å². The molecular formula is C12H25N3O. The Kier molecular flexibility index (Phi) is 5.06. The number of oxime groups is 1. The minimum atomic E-state index is 0.322. The summed E-state index contributed by atoms with van der Waals surface area (Å²) in [5, 5.41) is 11.6.